The highest BCUT2D eigenvalue weighted by Gasteiger charge is 2.28. The predicted octanol–water partition coefficient (Wildman–Crippen LogP) is 2.48. The second-order valence-electron chi connectivity index (χ2n) is 5.37. The number of nitrogens with one attached hydrogen (secondary N) is 1. The predicted molar refractivity (Wildman–Crippen MR) is 78.9 cm³/mol. The Labute approximate surface area is 136 Å². The second-order valence-corrected chi connectivity index (χ2v) is 5.72. The summed E-state index contributed by atoms with van der Waals surface area (Å²) in [4.78, 5) is 11.9. The molecule has 0 radical (unpaired) electrons. The third-order valence-electron chi connectivity index (χ3n) is 3.42. The molecule has 0 fully saturated rings. The maximum atomic E-state index is 13.7. The Kier molecular flexibility index (Phi) is 5.01. The Morgan fingerprint density at radius 1 is 1.48 bits per heavy atom. The molecule has 2 rings (SSSR count). The maximum Gasteiger partial charge on any atom is 0.229 e. The fourth-order valence-electron chi connectivity index (χ4n) is 2.07. The molecule has 0 saturated carbocycles. The van der Waals surface area contributed by atoms with Gasteiger partial charge < -0.3 is 14.9 Å². The molecule has 1 unspecified atom stereocenters. The number of hydrogen-bond acceptors (Lipinski definition) is 4. The number of aryl methyl sites for hydroxylation is 1. The van der Waals surface area contributed by atoms with Crippen molar-refractivity contribution < 1.29 is 23.2 Å². The molecule has 124 valence electrons. The molecule has 0 aliphatic carbocycles. The molecule has 1 atom stereocenters. The van der Waals surface area contributed by atoms with Gasteiger partial charge in [0.2, 0.25) is 11.1 Å². The SMILES string of the molecule is Cc1noc(Cl)c1CC(=O)NCC(C)(O)c1ccc(F)cc1F. The minimum absolute atomic E-state index is 0.0222. The summed E-state index contributed by atoms with van der Waals surface area (Å²) in [5.41, 5.74) is -0.877. The van der Waals surface area contributed by atoms with E-state index in [1.807, 2.05) is 0 Å². The molecule has 2 aromatic rings. The van der Waals surface area contributed by atoms with E-state index in [-0.39, 0.29) is 23.7 Å². The lowest BCUT2D eigenvalue weighted by Crippen LogP contribution is -2.39. The zero-order chi connectivity index (χ0) is 17.2. The lowest BCUT2D eigenvalue weighted by atomic mass is 9.95. The van der Waals surface area contributed by atoms with Gasteiger partial charge in [-0.15, -0.1) is 0 Å². The highest BCUT2D eigenvalue weighted by Crippen LogP contribution is 2.24. The van der Waals surface area contributed by atoms with Crippen LogP contribution in [0.15, 0.2) is 22.7 Å². The molecule has 23 heavy (non-hydrogen) atoms. The number of aliphatic hydroxyl groups is 1. The summed E-state index contributed by atoms with van der Waals surface area (Å²) in [5.74, 6) is -2.08. The van der Waals surface area contributed by atoms with E-state index < -0.39 is 23.1 Å². The molecule has 0 aliphatic rings. The van der Waals surface area contributed by atoms with Crippen LogP contribution in [0.4, 0.5) is 8.78 Å². The van der Waals surface area contributed by atoms with Gasteiger partial charge in [0.25, 0.3) is 0 Å². The van der Waals surface area contributed by atoms with Gasteiger partial charge in [-0.05, 0) is 31.5 Å². The molecule has 8 heteroatoms. The quantitative estimate of drug-likeness (QED) is 0.873. The Hall–Kier alpha value is -1.99. The zero-order valence-electron chi connectivity index (χ0n) is 12.5. The summed E-state index contributed by atoms with van der Waals surface area (Å²) in [6.45, 7) is 2.71. The van der Waals surface area contributed by atoms with Gasteiger partial charge in [-0.25, -0.2) is 8.78 Å². The van der Waals surface area contributed by atoms with E-state index in [4.69, 9.17) is 16.1 Å². The fraction of sp³-hybridized carbons (Fsp3) is 0.333. The largest absolute Gasteiger partial charge is 0.383 e. The Balaban J connectivity index is 2.02. The summed E-state index contributed by atoms with van der Waals surface area (Å²) in [7, 11) is 0. The summed E-state index contributed by atoms with van der Waals surface area (Å²) < 4.78 is 31.4. The minimum atomic E-state index is -1.69. The normalized spacial score (nSPS) is 13.7. The summed E-state index contributed by atoms with van der Waals surface area (Å²) in [6.07, 6.45) is -0.0872. The van der Waals surface area contributed by atoms with Gasteiger partial charge in [0.15, 0.2) is 0 Å². The van der Waals surface area contributed by atoms with Crippen LogP contribution >= 0.6 is 11.6 Å². The zero-order valence-corrected chi connectivity index (χ0v) is 13.2. The molecule has 0 aliphatic heterocycles. The first-order valence-corrected chi connectivity index (χ1v) is 7.14. The number of carbonyl (C=O) groups excluding carboxylic acids is 1. The number of amides is 1. The van der Waals surface area contributed by atoms with Crippen molar-refractivity contribution in [1.29, 1.82) is 0 Å². The van der Waals surface area contributed by atoms with Crippen LogP contribution in [0.3, 0.4) is 0 Å². The van der Waals surface area contributed by atoms with Crippen molar-refractivity contribution in [1.82, 2.24) is 10.5 Å². The maximum absolute atomic E-state index is 13.7. The van der Waals surface area contributed by atoms with Gasteiger partial charge in [-0.2, -0.15) is 0 Å². The molecule has 1 heterocycles. The molecule has 0 bridgehead atoms. The van der Waals surface area contributed by atoms with E-state index in [0.717, 1.165) is 12.1 Å². The molecule has 0 saturated heterocycles. The number of rotatable bonds is 5. The van der Waals surface area contributed by atoms with Crippen molar-refractivity contribution >= 4 is 17.5 Å². The number of halogens is 3. The standard InChI is InChI=1S/C15H15ClF2N2O3/c1-8-10(14(16)23-20-8)6-13(21)19-7-15(2,22)11-4-3-9(17)5-12(11)18/h3-5,22H,6-7H2,1-2H3,(H,19,21). The number of nitrogens with zero attached hydrogens (tertiary/aromatic N) is 1. The van der Waals surface area contributed by atoms with Gasteiger partial charge in [0, 0.05) is 17.2 Å². The van der Waals surface area contributed by atoms with Crippen molar-refractivity contribution in [2.24, 2.45) is 0 Å². The van der Waals surface area contributed by atoms with E-state index in [1.165, 1.54) is 6.92 Å². The van der Waals surface area contributed by atoms with E-state index in [2.05, 4.69) is 10.5 Å². The lowest BCUT2D eigenvalue weighted by molar-refractivity contribution is -0.121. The van der Waals surface area contributed by atoms with E-state index >= 15 is 0 Å². The van der Waals surface area contributed by atoms with Crippen LogP contribution < -0.4 is 5.32 Å². The number of carbonyl (C=O) groups is 1. The average molecular weight is 345 g/mol. The van der Waals surface area contributed by atoms with Gasteiger partial charge in [-0.3, -0.25) is 4.79 Å². The third kappa shape index (κ3) is 4.05. The number of aromatic nitrogens is 1. The van der Waals surface area contributed by atoms with Crippen LogP contribution in [0.5, 0.6) is 0 Å². The Morgan fingerprint density at radius 2 is 2.17 bits per heavy atom. The average Bonchev–Trinajstić information content (AvgIpc) is 2.77. The number of benzene rings is 1. The van der Waals surface area contributed by atoms with Gasteiger partial charge >= 0.3 is 0 Å². The van der Waals surface area contributed by atoms with Crippen LogP contribution in [-0.4, -0.2) is 22.7 Å². The van der Waals surface area contributed by atoms with Gasteiger partial charge in [-0.1, -0.05) is 11.2 Å². The molecule has 1 amide bonds. The summed E-state index contributed by atoms with van der Waals surface area (Å²) >= 11 is 5.77. The van der Waals surface area contributed by atoms with E-state index in [9.17, 15) is 18.7 Å². The second kappa shape index (κ2) is 6.64. The van der Waals surface area contributed by atoms with E-state index in [1.54, 1.807) is 6.92 Å². The summed E-state index contributed by atoms with van der Waals surface area (Å²) in [6, 6.07) is 2.85. The lowest BCUT2D eigenvalue weighted by Gasteiger charge is -2.24. The first-order valence-electron chi connectivity index (χ1n) is 6.76. The molecular formula is C15H15ClF2N2O3. The summed E-state index contributed by atoms with van der Waals surface area (Å²) in [5, 5.41) is 16.4. The highest BCUT2D eigenvalue weighted by molar-refractivity contribution is 6.29. The van der Waals surface area contributed by atoms with Crippen LogP contribution in [0, 0.1) is 18.6 Å². The van der Waals surface area contributed by atoms with Crippen molar-refractivity contribution in [3.8, 4) is 0 Å². The van der Waals surface area contributed by atoms with Gasteiger partial charge in [0.1, 0.15) is 17.2 Å². The molecule has 2 N–H and O–H groups in total. The Bertz CT molecular complexity index is 712. The van der Waals surface area contributed by atoms with Gasteiger partial charge in [0.05, 0.1) is 18.7 Å². The van der Waals surface area contributed by atoms with Crippen LogP contribution in [0.25, 0.3) is 0 Å². The van der Waals surface area contributed by atoms with Crippen LogP contribution in [0.2, 0.25) is 5.22 Å². The minimum Gasteiger partial charge on any atom is -0.383 e. The first kappa shape index (κ1) is 17.4. The van der Waals surface area contributed by atoms with Crippen molar-refractivity contribution in [2.45, 2.75) is 25.9 Å². The van der Waals surface area contributed by atoms with Crippen LogP contribution in [-0.2, 0) is 16.8 Å². The van der Waals surface area contributed by atoms with Crippen LogP contribution in [0.1, 0.15) is 23.7 Å². The van der Waals surface area contributed by atoms with Crippen molar-refractivity contribution in [3.05, 3.63) is 51.9 Å². The molecule has 1 aromatic heterocycles. The molecule has 0 spiro atoms. The fourth-order valence-corrected chi connectivity index (χ4v) is 2.31. The third-order valence-corrected chi connectivity index (χ3v) is 3.71. The first-order chi connectivity index (χ1) is 10.7. The smallest absolute Gasteiger partial charge is 0.229 e. The Morgan fingerprint density at radius 3 is 2.74 bits per heavy atom. The van der Waals surface area contributed by atoms with Crippen molar-refractivity contribution in [2.75, 3.05) is 6.54 Å². The molecular weight excluding hydrogens is 330 g/mol. The van der Waals surface area contributed by atoms with E-state index in [0.29, 0.717) is 17.3 Å². The topological polar surface area (TPSA) is 75.4 Å². The molecule has 1 aromatic carbocycles. The highest BCUT2D eigenvalue weighted by atomic mass is 35.5. The molecule has 5 nitrogen and oxygen atoms in total. The monoisotopic (exact) mass is 344 g/mol. The van der Waals surface area contributed by atoms with Crippen molar-refractivity contribution in [3.63, 3.8) is 0 Å². The number of hydrogen-bond donors (Lipinski definition) is 2.